The van der Waals surface area contributed by atoms with E-state index in [1.807, 2.05) is 6.92 Å². The molecule has 0 aliphatic carbocycles. The zero-order valence-corrected chi connectivity index (χ0v) is 15.9. The highest BCUT2D eigenvalue weighted by Crippen LogP contribution is 2.42. The van der Waals surface area contributed by atoms with Crippen LogP contribution in [0.2, 0.25) is 0 Å². The average molecular weight is 349 g/mol. The molecule has 114 valence electrons. The quantitative estimate of drug-likeness (QED) is 0.586. The standard InChI is InChI=1S/C19H25BrO/c1-9-10(2)12(4)17(13(5)11(9)3)19(20)18-14(6)15(7)21-16(18)8/h19H,1-8H3. The van der Waals surface area contributed by atoms with Crippen LogP contribution in [0.4, 0.5) is 0 Å². The van der Waals surface area contributed by atoms with Gasteiger partial charge in [0.2, 0.25) is 0 Å². The predicted octanol–water partition coefficient (Wildman–Crippen LogP) is 6.23. The molecule has 1 nitrogen and oxygen atoms in total. The molecule has 1 heterocycles. The molecular weight excluding hydrogens is 324 g/mol. The zero-order chi connectivity index (χ0) is 16.1. The lowest BCUT2D eigenvalue weighted by atomic mass is 9.86. The molecular formula is C19H25BrO. The molecule has 1 unspecified atom stereocenters. The third kappa shape index (κ3) is 2.48. The Balaban J connectivity index is 2.72. The van der Waals surface area contributed by atoms with Crippen LogP contribution in [0.5, 0.6) is 0 Å². The van der Waals surface area contributed by atoms with Crippen molar-refractivity contribution in [1.82, 2.24) is 0 Å². The van der Waals surface area contributed by atoms with Gasteiger partial charge in [0.1, 0.15) is 11.5 Å². The van der Waals surface area contributed by atoms with Gasteiger partial charge < -0.3 is 4.42 Å². The molecule has 0 fully saturated rings. The molecule has 0 amide bonds. The van der Waals surface area contributed by atoms with Gasteiger partial charge in [0, 0.05) is 5.56 Å². The molecule has 21 heavy (non-hydrogen) atoms. The van der Waals surface area contributed by atoms with Gasteiger partial charge in [-0.2, -0.15) is 0 Å². The van der Waals surface area contributed by atoms with Crippen molar-refractivity contribution in [2.24, 2.45) is 0 Å². The smallest absolute Gasteiger partial charge is 0.106 e. The van der Waals surface area contributed by atoms with Gasteiger partial charge in [-0.25, -0.2) is 0 Å². The molecule has 2 rings (SSSR count). The SMILES string of the molecule is Cc1oc(C)c(C(Br)c2c(C)c(C)c(C)c(C)c2C)c1C. The number of hydrogen-bond donors (Lipinski definition) is 0. The minimum atomic E-state index is 0.188. The Labute approximate surface area is 136 Å². The van der Waals surface area contributed by atoms with Gasteiger partial charge in [0.25, 0.3) is 0 Å². The van der Waals surface area contributed by atoms with Crippen molar-refractivity contribution in [3.8, 4) is 0 Å². The van der Waals surface area contributed by atoms with Crippen LogP contribution in [0.3, 0.4) is 0 Å². The van der Waals surface area contributed by atoms with Crippen LogP contribution >= 0.6 is 15.9 Å². The number of aryl methyl sites for hydroxylation is 2. The molecule has 0 N–H and O–H groups in total. The summed E-state index contributed by atoms with van der Waals surface area (Å²) in [6.45, 7) is 17.4. The minimum absolute atomic E-state index is 0.188. The van der Waals surface area contributed by atoms with Gasteiger partial charge in [-0.05, 0) is 94.3 Å². The second kappa shape index (κ2) is 5.64. The van der Waals surface area contributed by atoms with Crippen LogP contribution in [0.1, 0.15) is 60.9 Å². The lowest BCUT2D eigenvalue weighted by molar-refractivity contribution is 0.500. The van der Waals surface area contributed by atoms with Crippen molar-refractivity contribution < 1.29 is 4.42 Å². The van der Waals surface area contributed by atoms with Crippen molar-refractivity contribution in [1.29, 1.82) is 0 Å². The number of benzene rings is 1. The van der Waals surface area contributed by atoms with E-state index >= 15 is 0 Å². The van der Waals surface area contributed by atoms with Gasteiger partial charge in [-0.1, -0.05) is 15.9 Å². The monoisotopic (exact) mass is 348 g/mol. The van der Waals surface area contributed by atoms with Crippen LogP contribution in [-0.4, -0.2) is 0 Å². The normalized spacial score (nSPS) is 12.8. The van der Waals surface area contributed by atoms with Gasteiger partial charge in [-0.15, -0.1) is 0 Å². The summed E-state index contributed by atoms with van der Waals surface area (Å²) in [6.07, 6.45) is 0. The molecule has 1 atom stereocenters. The Bertz CT molecular complexity index is 678. The topological polar surface area (TPSA) is 13.1 Å². The molecule has 0 radical (unpaired) electrons. The Kier molecular flexibility index (Phi) is 4.39. The van der Waals surface area contributed by atoms with E-state index in [1.165, 1.54) is 44.5 Å². The Morgan fingerprint density at radius 1 is 0.571 bits per heavy atom. The highest BCUT2D eigenvalue weighted by Gasteiger charge is 2.25. The first-order valence-electron chi connectivity index (χ1n) is 7.45. The molecule has 0 saturated carbocycles. The number of halogens is 1. The van der Waals surface area contributed by atoms with Gasteiger partial charge in [0.15, 0.2) is 0 Å². The third-order valence-corrected chi connectivity index (χ3v) is 6.10. The highest BCUT2D eigenvalue weighted by atomic mass is 79.9. The van der Waals surface area contributed by atoms with Gasteiger partial charge in [-0.3, -0.25) is 0 Å². The summed E-state index contributed by atoms with van der Waals surface area (Å²) < 4.78 is 5.82. The van der Waals surface area contributed by atoms with Crippen molar-refractivity contribution >= 4 is 15.9 Å². The molecule has 0 bridgehead atoms. The predicted molar refractivity (Wildman–Crippen MR) is 93.8 cm³/mol. The van der Waals surface area contributed by atoms with Crippen LogP contribution < -0.4 is 0 Å². The lowest BCUT2D eigenvalue weighted by Crippen LogP contribution is -2.06. The minimum Gasteiger partial charge on any atom is -0.466 e. The number of furan rings is 1. The summed E-state index contributed by atoms with van der Waals surface area (Å²) in [6, 6.07) is 0. The Morgan fingerprint density at radius 2 is 1.00 bits per heavy atom. The maximum atomic E-state index is 5.82. The van der Waals surface area contributed by atoms with E-state index in [4.69, 9.17) is 4.42 Å². The fourth-order valence-corrected chi connectivity index (χ4v) is 4.59. The fourth-order valence-electron chi connectivity index (χ4n) is 3.24. The summed E-state index contributed by atoms with van der Waals surface area (Å²) >= 11 is 3.94. The summed E-state index contributed by atoms with van der Waals surface area (Å²) in [7, 11) is 0. The first kappa shape index (κ1) is 16.4. The molecule has 1 aromatic heterocycles. The molecule has 0 aliphatic rings. The summed E-state index contributed by atoms with van der Waals surface area (Å²) in [4.78, 5) is 0.188. The Hall–Kier alpha value is -1.02. The van der Waals surface area contributed by atoms with E-state index in [0.717, 1.165) is 11.5 Å². The molecule has 0 saturated heterocycles. The van der Waals surface area contributed by atoms with Gasteiger partial charge in [0.05, 0.1) is 4.83 Å². The van der Waals surface area contributed by atoms with E-state index in [9.17, 15) is 0 Å². The second-order valence-electron chi connectivity index (χ2n) is 6.15. The highest BCUT2D eigenvalue weighted by molar-refractivity contribution is 9.09. The molecule has 2 heteroatoms. The summed E-state index contributed by atoms with van der Waals surface area (Å²) in [5, 5.41) is 0. The average Bonchev–Trinajstić information content (AvgIpc) is 2.67. The van der Waals surface area contributed by atoms with Crippen molar-refractivity contribution in [2.45, 2.75) is 60.2 Å². The first-order chi connectivity index (χ1) is 9.68. The van der Waals surface area contributed by atoms with E-state index < -0.39 is 0 Å². The molecule has 2 aromatic rings. The van der Waals surface area contributed by atoms with E-state index in [0.29, 0.717) is 0 Å². The number of alkyl halides is 1. The van der Waals surface area contributed by atoms with E-state index in [-0.39, 0.29) is 4.83 Å². The third-order valence-electron chi connectivity index (χ3n) is 5.18. The largest absolute Gasteiger partial charge is 0.466 e. The maximum absolute atomic E-state index is 5.82. The van der Waals surface area contributed by atoms with Crippen LogP contribution in [0.15, 0.2) is 4.42 Å². The van der Waals surface area contributed by atoms with Crippen molar-refractivity contribution in [3.63, 3.8) is 0 Å². The van der Waals surface area contributed by atoms with Crippen LogP contribution in [0, 0.1) is 55.4 Å². The lowest BCUT2D eigenvalue weighted by Gasteiger charge is -2.22. The summed E-state index contributed by atoms with van der Waals surface area (Å²) in [5.74, 6) is 2.03. The fraction of sp³-hybridized carbons (Fsp3) is 0.474. The second-order valence-corrected chi connectivity index (χ2v) is 7.07. The Morgan fingerprint density at radius 3 is 1.38 bits per heavy atom. The molecule has 1 aromatic carbocycles. The number of hydrogen-bond acceptors (Lipinski definition) is 1. The molecule has 0 aliphatic heterocycles. The van der Waals surface area contributed by atoms with E-state index in [1.54, 1.807) is 0 Å². The van der Waals surface area contributed by atoms with Crippen LogP contribution in [0.25, 0.3) is 0 Å². The first-order valence-corrected chi connectivity index (χ1v) is 8.37. The summed E-state index contributed by atoms with van der Waals surface area (Å²) in [5.41, 5.74) is 10.9. The molecule has 0 spiro atoms. The number of rotatable bonds is 2. The zero-order valence-electron chi connectivity index (χ0n) is 14.4. The van der Waals surface area contributed by atoms with E-state index in [2.05, 4.69) is 64.4 Å². The maximum Gasteiger partial charge on any atom is 0.106 e. The van der Waals surface area contributed by atoms with Gasteiger partial charge >= 0.3 is 0 Å². The van der Waals surface area contributed by atoms with Crippen molar-refractivity contribution in [2.75, 3.05) is 0 Å². The van der Waals surface area contributed by atoms with Crippen molar-refractivity contribution in [3.05, 3.63) is 56.0 Å². The van der Waals surface area contributed by atoms with Crippen LogP contribution in [-0.2, 0) is 0 Å².